The average molecular weight is 301 g/mol. The van der Waals surface area contributed by atoms with Crippen LogP contribution in [0.1, 0.15) is 31.2 Å². The molecule has 5 heteroatoms. The van der Waals surface area contributed by atoms with Crippen LogP contribution in [0.2, 0.25) is 0 Å². The summed E-state index contributed by atoms with van der Waals surface area (Å²) in [6.45, 7) is 2.50. The summed E-state index contributed by atoms with van der Waals surface area (Å²) in [6, 6.07) is 6.17. The van der Waals surface area contributed by atoms with Gasteiger partial charge < -0.3 is 9.80 Å². The van der Waals surface area contributed by atoms with Crippen molar-refractivity contribution in [2.45, 2.75) is 25.7 Å². The third-order valence-electron chi connectivity index (χ3n) is 4.69. The number of hydrogen-bond acceptors (Lipinski definition) is 3. The third-order valence-corrected chi connectivity index (χ3v) is 4.69. The van der Waals surface area contributed by atoms with Gasteiger partial charge in [0.25, 0.3) is 0 Å². The second kappa shape index (κ2) is 6.35. The molecule has 1 aliphatic carbocycles. The molecule has 1 saturated heterocycles. The van der Waals surface area contributed by atoms with Crippen molar-refractivity contribution in [3.63, 3.8) is 0 Å². The van der Waals surface area contributed by atoms with Crippen LogP contribution in [0.4, 0.5) is 10.1 Å². The van der Waals surface area contributed by atoms with E-state index in [9.17, 15) is 9.18 Å². The zero-order chi connectivity index (χ0) is 15.5. The fraction of sp³-hybridized carbons (Fsp3) is 0.529. The van der Waals surface area contributed by atoms with Gasteiger partial charge in [-0.25, -0.2) is 4.39 Å². The van der Waals surface area contributed by atoms with Crippen molar-refractivity contribution in [1.82, 2.24) is 4.90 Å². The van der Waals surface area contributed by atoms with Crippen LogP contribution in [0.15, 0.2) is 18.2 Å². The van der Waals surface area contributed by atoms with Gasteiger partial charge in [0, 0.05) is 19.6 Å². The van der Waals surface area contributed by atoms with Crippen molar-refractivity contribution >= 4 is 11.6 Å². The number of carbonyl (C=O) groups is 1. The number of nitriles is 1. The topological polar surface area (TPSA) is 47.3 Å². The molecule has 0 aromatic heterocycles. The van der Waals surface area contributed by atoms with Crippen LogP contribution >= 0.6 is 0 Å². The molecule has 0 spiro atoms. The van der Waals surface area contributed by atoms with Crippen molar-refractivity contribution in [2.24, 2.45) is 5.92 Å². The van der Waals surface area contributed by atoms with Crippen LogP contribution in [0.5, 0.6) is 0 Å². The van der Waals surface area contributed by atoms with Gasteiger partial charge in [0.15, 0.2) is 0 Å². The molecule has 1 aromatic carbocycles. The number of nitrogens with zero attached hydrogens (tertiary/aromatic N) is 3. The van der Waals surface area contributed by atoms with Crippen molar-refractivity contribution in [2.75, 3.05) is 31.1 Å². The van der Waals surface area contributed by atoms with Gasteiger partial charge in [-0.3, -0.25) is 4.79 Å². The van der Waals surface area contributed by atoms with E-state index >= 15 is 0 Å². The summed E-state index contributed by atoms with van der Waals surface area (Å²) < 4.78 is 13.2. The Morgan fingerprint density at radius 3 is 2.73 bits per heavy atom. The van der Waals surface area contributed by atoms with E-state index in [2.05, 4.69) is 0 Å². The molecule has 22 heavy (non-hydrogen) atoms. The minimum absolute atomic E-state index is 0.103. The minimum Gasteiger partial charge on any atom is -0.359 e. The highest BCUT2D eigenvalue weighted by atomic mass is 19.1. The average Bonchev–Trinajstić information content (AvgIpc) is 3.02. The summed E-state index contributed by atoms with van der Waals surface area (Å²) in [5.41, 5.74) is 0.940. The first-order valence-electron chi connectivity index (χ1n) is 7.90. The Kier molecular flexibility index (Phi) is 4.28. The molecule has 1 amide bonds. The Bertz CT molecular complexity index is 604. The Balaban J connectivity index is 1.67. The Hall–Kier alpha value is -2.09. The van der Waals surface area contributed by atoms with Gasteiger partial charge in [-0.15, -0.1) is 0 Å². The number of piperazine rings is 1. The maximum Gasteiger partial charge on any atom is 0.242 e. The van der Waals surface area contributed by atoms with Gasteiger partial charge in [0.05, 0.1) is 17.8 Å². The second-order valence-corrected chi connectivity index (χ2v) is 6.19. The molecule has 2 aliphatic rings. The standard InChI is InChI=1S/C17H20FN3O/c18-15-5-6-16(14(9-15)10-19)20-7-8-21(17(22)12-20)11-13-3-1-2-4-13/h5-6,9,13H,1-4,7-8,11-12H2. The summed E-state index contributed by atoms with van der Waals surface area (Å²) in [7, 11) is 0. The summed E-state index contributed by atoms with van der Waals surface area (Å²) >= 11 is 0. The Morgan fingerprint density at radius 2 is 2.05 bits per heavy atom. The van der Waals surface area contributed by atoms with Crippen LogP contribution in [0.25, 0.3) is 0 Å². The lowest BCUT2D eigenvalue weighted by molar-refractivity contribution is -0.131. The van der Waals surface area contributed by atoms with Gasteiger partial charge in [0.2, 0.25) is 5.91 Å². The molecule has 1 aliphatic heterocycles. The molecule has 2 fully saturated rings. The van der Waals surface area contributed by atoms with Crippen molar-refractivity contribution < 1.29 is 9.18 Å². The molecule has 1 saturated carbocycles. The predicted molar refractivity (Wildman–Crippen MR) is 81.9 cm³/mol. The lowest BCUT2D eigenvalue weighted by Crippen LogP contribution is -2.51. The van der Waals surface area contributed by atoms with E-state index in [-0.39, 0.29) is 18.0 Å². The molecule has 116 valence electrons. The zero-order valence-electron chi connectivity index (χ0n) is 12.6. The highest BCUT2D eigenvalue weighted by Crippen LogP contribution is 2.27. The first-order chi connectivity index (χ1) is 10.7. The third kappa shape index (κ3) is 3.06. The van der Waals surface area contributed by atoms with Crippen molar-refractivity contribution in [3.8, 4) is 6.07 Å². The van der Waals surface area contributed by atoms with E-state index < -0.39 is 5.82 Å². The lowest BCUT2D eigenvalue weighted by Gasteiger charge is -2.37. The maximum absolute atomic E-state index is 13.2. The van der Waals surface area contributed by atoms with Gasteiger partial charge in [-0.05, 0) is 37.0 Å². The summed E-state index contributed by atoms with van der Waals surface area (Å²) in [5, 5.41) is 9.14. The SMILES string of the molecule is N#Cc1cc(F)ccc1N1CCN(CC2CCCC2)C(=O)C1. The molecular formula is C17H20FN3O. The van der Waals surface area contributed by atoms with Gasteiger partial charge in [-0.1, -0.05) is 12.8 Å². The minimum atomic E-state index is -0.425. The number of anilines is 1. The normalized spacial score (nSPS) is 19.5. The molecule has 0 N–H and O–H groups in total. The van der Waals surface area contributed by atoms with Gasteiger partial charge >= 0.3 is 0 Å². The molecule has 1 heterocycles. The molecular weight excluding hydrogens is 281 g/mol. The zero-order valence-corrected chi connectivity index (χ0v) is 12.6. The van der Waals surface area contributed by atoms with E-state index in [1.807, 2.05) is 15.9 Å². The fourth-order valence-corrected chi connectivity index (χ4v) is 3.49. The van der Waals surface area contributed by atoms with E-state index in [1.54, 1.807) is 6.07 Å². The number of carbonyl (C=O) groups excluding carboxylic acids is 1. The summed E-state index contributed by atoms with van der Waals surface area (Å²) in [5.74, 6) is 0.328. The van der Waals surface area contributed by atoms with Crippen LogP contribution in [0, 0.1) is 23.1 Å². The summed E-state index contributed by atoms with van der Waals surface area (Å²) in [4.78, 5) is 16.2. The second-order valence-electron chi connectivity index (χ2n) is 6.19. The first kappa shape index (κ1) is 14.8. The predicted octanol–water partition coefficient (Wildman–Crippen LogP) is 2.54. The highest BCUT2D eigenvalue weighted by Gasteiger charge is 2.28. The molecule has 0 bridgehead atoms. The van der Waals surface area contributed by atoms with Crippen molar-refractivity contribution in [3.05, 3.63) is 29.6 Å². The van der Waals surface area contributed by atoms with E-state index in [0.29, 0.717) is 24.7 Å². The quantitative estimate of drug-likeness (QED) is 0.862. The number of benzene rings is 1. The van der Waals surface area contributed by atoms with E-state index in [4.69, 9.17) is 5.26 Å². The molecule has 0 atom stereocenters. The maximum atomic E-state index is 13.2. The number of hydrogen-bond donors (Lipinski definition) is 0. The van der Waals surface area contributed by atoms with Gasteiger partial charge in [0.1, 0.15) is 11.9 Å². The molecule has 0 radical (unpaired) electrons. The number of rotatable bonds is 3. The molecule has 0 unspecified atom stereocenters. The first-order valence-corrected chi connectivity index (χ1v) is 7.90. The highest BCUT2D eigenvalue weighted by molar-refractivity contribution is 5.83. The fourth-order valence-electron chi connectivity index (χ4n) is 3.49. The van der Waals surface area contributed by atoms with Crippen LogP contribution < -0.4 is 4.90 Å². The van der Waals surface area contributed by atoms with Crippen LogP contribution in [-0.2, 0) is 4.79 Å². The van der Waals surface area contributed by atoms with Crippen molar-refractivity contribution in [1.29, 1.82) is 5.26 Å². The monoisotopic (exact) mass is 301 g/mol. The largest absolute Gasteiger partial charge is 0.359 e. The van der Waals surface area contributed by atoms with Crippen LogP contribution in [0.3, 0.4) is 0 Å². The molecule has 4 nitrogen and oxygen atoms in total. The molecule has 3 rings (SSSR count). The van der Waals surface area contributed by atoms with E-state index in [1.165, 1.54) is 37.8 Å². The lowest BCUT2D eigenvalue weighted by atomic mass is 10.1. The number of amides is 1. The van der Waals surface area contributed by atoms with Gasteiger partial charge in [-0.2, -0.15) is 5.26 Å². The Labute approximate surface area is 130 Å². The molecule has 1 aromatic rings. The Morgan fingerprint density at radius 1 is 1.27 bits per heavy atom. The smallest absolute Gasteiger partial charge is 0.242 e. The number of halogens is 1. The summed E-state index contributed by atoms with van der Waals surface area (Å²) in [6.07, 6.45) is 5.01. The van der Waals surface area contributed by atoms with Crippen LogP contribution in [-0.4, -0.2) is 37.0 Å². The van der Waals surface area contributed by atoms with E-state index in [0.717, 1.165) is 6.54 Å².